The van der Waals surface area contributed by atoms with Crippen LogP contribution >= 0.6 is 0 Å². The van der Waals surface area contributed by atoms with Crippen LogP contribution in [0.4, 0.5) is 0 Å². The fourth-order valence-electron chi connectivity index (χ4n) is 2.28. The number of amides is 2. The molecule has 0 saturated carbocycles. The minimum Gasteiger partial charge on any atom is -0.338 e. The summed E-state index contributed by atoms with van der Waals surface area (Å²) in [5, 5.41) is 3.09. The van der Waals surface area contributed by atoms with E-state index < -0.39 is 0 Å². The fourth-order valence-corrected chi connectivity index (χ4v) is 2.28. The van der Waals surface area contributed by atoms with Crippen LogP contribution in [0.15, 0.2) is 0 Å². The number of nitrogens with zero attached hydrogens (tertiary/aromatic N) is 3. The number of nitrogens with one attached hydrogen (secondary N) is 1. The van der Waals surface area contributed by atoms with E-state index in [-0.39, 0.29) is 24.4 Å². The number of rotatable bonds is 3. The van der Waals surface area contributed by atoms with E-state index in [0.29, 0.717) is 13.1 Å². The van der Waals surface area contributed by atoms with Crippen molar-refractivity contribution in [1.29, 1.82) is 0 Å². The molecule has 2 aliphatic rings. The van der Waals surface area contributed by atoms with Crippen LogP contribution in [0, 0.1) is 0 Å². The van der Waals surface area contributed by atoms with E-state index in [1.165, 1.54) is 0 Å². The lowest BCUT2D eigenvalue weighted by molar-refractivity contribution is -0.150. The Kier molecular flexibility index (Phi) is 3.63. The summed E-state index contributed by atoms with van der Waals surface area (Å²) < 4.78 is 0. The third kappa shape index (κ3) is 2.76. The van der Waals surface area contributed by atoms with Gasteiger partial charge in [-0.25, -0.2) is 0 Å². The first-order valence-electron chi connectivity index (χ1n) is 6.00. The quantitative estimate of drug-likeness (QED) is 0.632. The first-order chi connectivity index (χ1) is 8.08. The van der Waals surface area contributed by atoms with Crippen LogP contribution in [0.2, 0.25) is 0 Å². The molecule has 1 unspecified atom stereocenters. The van der Waals surface area contributed by atoms with Crippen LogP contribution in [0.25, 0.3) is 0 Å². The number of piperazine rings is 2. The van der Waals surface area contributed by atoms with Gasteiger partial charge >= 0.3 is 0 Å². The van der Waals surface area contributed by atoms with Gasteiger partial charge in [0.1, 0.15) is 6.54 Å². The van der Waals surface area contributed by atoms with Gasteiger partial charge in [-0.3, -0.25) is 9.59 Å². The first kappa shape index (κ1) is 12.3. The summed E-state index contributed by atoms with van der Waals surface area (Å²) in [5.74, 6) is 0.111. The highest BCUT2D eigenvalue weighted by Gasteiger charge is 2.36. The summed E-state index contributed by atoms with van der Waals surface area (Å²) >= 11 is 0. The zero-order valence-electron chi connectivity index (χ0n) is 10.5. The summed E-state index contributed by atoms with van der Waals surface area (Å²) in [4.78, 5) is 29.2. The van der Waals surface area contributed by atoms with Crippen molar-refractivity contribution in [2.75, 3.05) is 53.4 Å². The van der Waals surface area contributed by atoms with Gasteiger partial charge in [-0.05, 0) is 14.1 Å². The van der Waals surface area contributed by atoms with Gasteiger partial charge in [0.05, 0.1) is 12.6 Å². The molecule has 0 aromatic carbocycles. The van der Waals surface area contributed by atoms with Crippen molar-refractivity contribution in [3.05, 3.63) is 0 Å². The summed E-state index contributed by atoms with van der Waals surface area (Å²) in [6.45, 7) is 3.66. The van der Waals surface area contributed by atoms with E-state index >= 15 is 0 Å². The average Bonchev–Trinajstić information content (AvgIpc) is 2.28. The molecule has 2 rings (SSSR count). The Morgan fingerprint density at radius 3 is 2.82 bits per heavy atom. The number of likely N-dealkylation sites (N-methyl/N-ethyl adjacent to an activating group) is 1. The molecular weight excluding hydrogens is 220 g/mol. The van der Waals surface area contributed by atoms with Gasteiger partial charge in [0.25, 0.3) is 0 Å². The van der Waals surface area contributed by atoms with Crippen molar-refractivity contribution < 1.29 is 9.59 Å². The Hall–Kier alpha value is -1.14. The Labute approximate surface area is 102 Å². The van der Waals surface area contributed by atoms with Crippen LogP contribution in [-0.4, -0.2) is 85.9 Å². The molecule has 1 atom stereocenters. The predicted molar refractivity (Wildman–Crippen MR) is 63.5 cm³/mol. The SMILES string of the molecule is CN(C)CCN1CC2CNCC(=O)N2CC1=O. The number of carbonyl (C=O) groups is 2. The molecule has 2 amide bonds. The smallest absolute Gasteiger partial charge is 0.242 e. The fraction of sp³-hybridized carbons (Fsp3) is 0.818. The standard InChI is InChI=1S/C11H20N4O2/c1-13(2)3-4-14-7-9-5-12-6-10(16)15(9)8-11(14)17/h9,12H,3-8H2,1-2H3. The number of hydrogen-bond acceptors (Lipinski definition) is 4. The van der Waals surface area contributed by atoms with Gasteiger partial charge in [-0.2, -0.15) is 0 Å². The first-order valence-corrected chi connectivity index (χ1v) is 6.00. The van der Waals surface area contributed by atoms with Gasteiger partial charge < -0.3 is 20.0 Å². The molecular formula is C11H20N4O2. The molecule has 6 nitrogen and oxygen atoms in total. The van der Waals surface area contributed by atoms with E-state index in [4.69, 9.17) is 0 Å². The summed E-state index contributed by atoms with van der Waals surface area (Å²) in [5.41, 5.74) is 0. The normalized spacial score (nSPS) is 25.5. The maximum absolute atomic E-state index is 11.9. The maximum Gasteiger partial charge on any atom is 0.242 e. The van der Waals surface area contributed by atoms with Crippen LogP contribution in [-0.2, 0) is 9.59 Å². The lowest BCUT2D eigenvalue weighted by Crippen LogP contribution is -2.65. The van der Waals surface area contributed by atoms with Crippen LogP contribution < -0.4 is 5.32 Å². The summed E-state index contributed by atoms with van der Waals surface area (Å²) in [6.07, 6.45) is 0. The average molecular weight is 240 g/mol. The molecule has 0 aliphatic carbocycles. The predicted octanol–water partition coefficient (Wildman–Crippen LogP) is -1.81. The van der Waals surface area contributed by atoms with Crippen LogP contribution in [0.5, 0.6) is 0 Å². The van der Waals surface area contributed by atoms with Gasteiger partial charge in [0.15, 0.2) is 0 Å². The van der Waals surface area contributed by atoms with Gasteiger partial charge in [0.2, 0.25) is 11.8 Å². The molecule has 2 fully saturated rings. The van der Waals surface area contributed by atoms with Crippen molar-refractivity contribution >= 4 is 11.8 Å². The van der Waals surface area contributed by atoms with E-state index in [0.717, 1.165) is 19.6 Å². The zero-order valence-corrected chi connectivity index (χ0v) is 10.5. The zero-order chi connectivity index (χ0) is 12.4. The summed E-state index contributed by atoms with van der Waals surface area (Å²) in [6, 6.07) is 0.149. The minimum atomic E-state index is 0.0434. The second-order valence-electron chi connectivity index (χ2n) is 4.95. The number of fused-ring (bicyclic) bond motifs is 1. The van der Waals surface area contributed by atoms with E-state index in [1.54, 1.807) is 4.90 Å². The molecule has 2 heterocycles. The Morgan fingerprint density at radius 1 is 1.35 bits per heavy atom. The second kappa shape index (κ2) is 5.01. The molecule has 0 radical (unpaired) electrons. The Morgan fingerprint density at radius 2 is 2.12 bits per heavy atom. The molecule has 17 heavy (non-hydrogen) atoms. The minimum absolute atomic E-state index is 0.0434. The molecule has 1 N–H and O–H groups in total. The maximum atomic E-state index is 11.9. The van der Waals surface area contributed by atoms with Gasteiger partial charge in [-0.15, -0.1) is 0 Å². The highest BCUT2D eigenvalue weighted by Crippen LogP contribution is 2.13. The van der Waals surface area contributed by atoms with Crippen molar-refractivity contribution in [2.24, 2.45) is 0 Å². The van der Waals surface area contributed by atoms with E-state index in [1.807, 2.05) is 19.0 Å². The highest BCUT2D eigenvalue weighted by atomic mass is 16.2. The molecule has 0 aromatic rings. The van der Waals surface area contributed by atoms with Crippen molar-refractivity contribution in [3.63, 3.8) is 0 Å². The monoisotopic (exact) mass is 240 g/mol. The lowest BCUT2D eigenvalue weighted by Gasteiger charge is -2.43. The Balaban J connectivity index is 1.95. The molecule has 2 aliphatic heterocycles. The largest absolute Gasteiger partial charge is 0.338 e. The molecule has 6 heteroatoms. The molecule has 96 valence electrons. The molecule has 0 aromatic heterocycles. The summed E-state index contributed by atoms with van der Waals surface area (Å²) in [7, 11) is 3.98. The second-order valence-corrected chi connectivity index (χ2v) is 4.95. The van der Waals surface area contributed by atoms with E-state index in [9.17, 15) is 9.59 Å². The lowest BCUT2D eigenvalue weighted by atomic mass is 10.1. The van der Waals surface area contributed by atoms with Crippen molar-refractivity contribution in [1.82, 2.24) is 20.0 Å². The van der Waals surface area contributed by atoms with Gasteiger partial charge in [0, 0.05) is 26.2 Å². The van der Waals surface area contributed by atoms with Crippen molar-refractivity contribution in [3.8, 4) is 0 Å². The third-order valence-corrected chi connectivity index (χ3v) is 3.32. The number of carbonyl (C=O) groups excluding carboxylic acids is 2. The topological polar surface area (TPSA) is 55.9 Å². The highest BCUT2D eigenvalue weighted by molar-refractivity contribution is 5.87. The molecule has 0 spiro atoms. The van der Waals surface area contributed by atoms with Crippen LogP contribution in [0.1, 0.15) is 0 Å². The molecule has 0 bridgehead atoms. The van der Waals surface area contributed by atoms with Crippen molar-refractivity contribution in [2.45, 2.75) is 6.04 Å². The Bertz CT molecular complexity index is 319. The molecule has 2 saturated heterocycles. The number of hydrogen-bond donors (Lipinski definition) is 1. The van der Waals surface area contributed by atoms with Gasteiger partial charge in [-0.1, -0.05) is 0 Å². The van der Waals surface area contributed by atoms with Crippen LogP contribution in [0.3, 0.4) is 0 Å². The third-order valence-electron chi connectivity index (χ3n) is 3.32. The van der Waals surface area contributed by atoms with E-state index in [2.05, 4.69) is 10.2 Å².